The number of rotatable bonds is 3. The Kier molecular flexibility index (Phi) is 3.64. The van der Waals surface area contributed by atoms with Gasteiger partial charge >= 0.3 is 0 Å². The maximum atomic E-state index is 12.6. The second kappa shape index (κ2) is 5.80. The monoisotopic (exact) mass is 306 g/mol. The number of nitrogens with zero attached hydrogens (tertiary/aromatic N) is 1. The normalized spacial score (nSPS) is 25.5. The van der Waals surface area contributed by atoms with Crippen molar-refractivity contribution in [2.75, 3.05) is 5.32 Å². The zero-order valence-corrected chi connectivity index (χ0v) is 13.5. The molecule has 0 saturated heterocycles. The number of carbonyl (C=O) groups excluding carboxylic acids is 1. The fourth-order valence-electron chi connectivity index (χ4n) is 4.30. The van der Waals surface area contributed by atoms with Gasteiger partial charge < -0.3 is 5.32 Å². The van der Waals surface area contributed by atoms with Crippen LogP contribution in [0.1, 0.15) is 31.2 Å². The zero-order valence-electron chi connectivity index (χ0n) is 13.5. The molecule has 1 heterocycles. The minimum atomic E-state index is 0.202. The van der Waals surface area contributed by atoms with Gasteiger partial charge in [-0.2, -0.15) is 0 Å². The lowest BCUT2D eigenvalue weighted by molar-refractivity contribution is -0.121. The van der Waals surface area contributed by atoms with E-state index in [4.69, 9.17) is 0 Å². The summed E-state index contributed by atoms with van der Waals surface area (Å²) in [5.41, 5.74) is 4.07. The Morgan fingerprint density at radius 1 is 1.17 bits per heavy atom. The van der Waals surface area contributed by atoms with Gasteiger partial charge in [0.25, 0.3) is 0 Å². The summed E-state index contributed by atoms with van der Waals surface area (Å²) in [7, 11) is 0. The largest absolute Gasteiger partial charge is 0.326 e. The molecule has 3 nitrogen and oxygen atoms in total. The molecule has 2 aromatic rings. The van der Waals surface area contributed by atoms with E-state index in [9.17, 15) is 4.79 Å². The van der Waals surface area contributed by atoms with Crippen LogP contribution in [0.5, 0.6) is 0 Å². The molecule has 2 unspecified atom stereocenters. The Morgan fingerprint density at radius 3 is 2.78 bits per heavy atom. The lowest BCUT2D eigenvalue weighted by Crippen LogP contribution is -2.27. The van der Waals surface area contributed by atoms with Crippen LogP contribution in [0.25, 0.3) is 11.3 Å². The summed E-state index contributed by atoms with van der Waals surface area (Å²) < 4.78 is 0. The number of carbonyl (C=O) groups is 1. The summed E-state index contributed by atoms with van der Waals surface area (Å²) in [6.07, 6.45) is 6.69. The van der Waals surface area contributed by atoms with Gasteiger partial charge in [-0.3, -0.25) is 9.78 Å². The zero-order chi connectivity index (χ0) is 15.8. The highest BCUT2D eigenvalue weighted by atomic mass is 16.1. The maximum absolute atomic E-state index is 12.6. The van der Waals surface area contributed by atoms with Crippen LogP contribution in [-0.4, -0.2) is 10.9 Å². The molecule has 3 atom stereocenters. The van der Waals surface area contributed by atoms with Crippen LogP contribution >= 0.6 is 0 Å². The highest BCUT2D eigenvalue weighted by molar-refractivity contribution is 5.93. The maximum Gasteiger partial charge on any atom is 0.227 e. The number of aromatic nitrogens is 1. The highest BCUT2D eigenvalue weighted by Crippen LogP contribution is 2.48. The van der Waals surface area contributed by atoms with Gasteiger partial charge in [-0.1, -0.05) is 18.6 Å². The van der Waals surface area contributed by atoms with Crippen LogP contribution in [0.4, 0.5) is 5.69 Å². The quantitative estimate of drug-likeness (QED) is 0.911. The first-order valence-electron chi connectivity index (χ1n) is 8.53. The lowest BCUT2D eigenvalue weighted by Gasteiger charge is -2.21. The van der Waals surface area contributed by atoms with E-state index in [1.54, 1.807) is 6.20 Å². The molecule has 2 aliphatic carbocycles. The molecule has 0 radical (unpaired) electrons. The number of aryl methyl sites for hydroxylation is 1. The number of hydrogen-bond acceptors (Lipinski definition) is 2. The number of pyridine rings is 1. The molecule has 1 aromatic carbocycles. The molecule has 118 valence electrons. The Labute approximate surface area is 137 Å². The molecule has 3 heteroatoms. The third kappa shape index (κ3) is 2.76. The van der Waals surface area contributed by atoms with Crippen LogP contribution < -0.4 is 5.32 Å². The van der Waals surface area contributed by atoms with Gasteiger partial charge in [0.05, 0.1) is 5.69 Å². The van der Waals surface area contributed by atoms with Crippen molar-refractivity contribution in [2.45, 2.75) is 32.6 Å². The number of amides is 1. The van der Waals surface area contributed by atoms with Crippen molar-refractivity contribution >= 4 is 11.6 Å². The fraction of sp³-hybridized carbons (Fsp3) is 0.400. The molecule has 2 bridgehead atoms. The van der Waals surface area contributed by atoms with Gasteiger partial charge in [0.1, 0.15) is 0 Å². The molecule has 0 aliphatic heterocycles. The molecule has 1 amide bonds. The number of anilines is 1. The van der Waals surface area contributed by atoms with Crippen molar-refractivity contribution in [1.82, 2.24) is 4.98 Å². The van der Waals surface area contributed by atoms with E-state index in [0.717, 1.165) is 29.3 Å². The Hall–Kier alpha value is -2.16. The molecule has 2 aliphatic rings. The third-order valence-electron chi connectivity index (χ3n) is 5.52. The fourth-order valence-corrected chi connectivity index (χ4v) is 4.30. The van der Waals surface area contributed by atoms with Crippen LogP contribution in [0.15, 0.2) is 42.6 Å². The van der Waals surface area contributed by atoms with E-state index in [1.807, 2.05) is 30.3 Å². The molecule has 1 aromatic heterocycles. The van der Waals surface area contributed by atoms with Crippen LogP contribution in [0.3, 0.4) is 0 Å². The second-order valence-electron chi connectivity index (χ2n) is 7.02. The predicted molar refractivity (Wildman–Crippen MR) is 92.0 cm³/mol. The van der Waals surface area contributed by atoms with E-state index in [2.05, 4.69) is 23.3 Å². The average Bonchev–Trinajstić information content (AvgIpc) is 3.20. The van der Waals surface area contributed by atoms with Crippen LogP contribution in [0.2, 0.25) is 0 Å². The van der Waals surface area contributed by atoms with Crippen molar-refractivity contribution in [2.24, 2.45) is 17.8 Å². The van der Waals surface area contributed by atoms with Crippen molar-refractivity contribution in [1.29, 1.82) is 0 Å². The van der Waals surface area contributed by atoms with Gasteiger partial charge in [0.2, 0.25) is 5.91 Å². The van der Waals surface area contributed by atoms with E-state index >= 15 is 0 Å². The van der Waals surface area contributed by atoms with E-state index < -0.39 is 0 Å². The third-order valence-corrected chi connectivity index (χ3v) is 5.52. The SMILES string of the molecule is Cc1ccc(NC(=O)C2CC3CC[C@@H]2C3)cc1-c1ccccn1. The molecule has 4 rings (SSSR count). The molecular weight excluding hydrogens is 284 g/mol. The van der Waals surface area contributed by atoms with Gasteiger partial charge in [-0.25, -0.2) is 0 Å². The summed E-state index contributed by atoms with van der Waals surface area (Å²) in [6.45, 7) is 2.07. The minimum Gasteiger partial charge on any atom is -0.326 e. The Morgan fingerprint density at radius 2 is 2.09 bits per heavy atom. The van der Waals surface area contributed by atoms with Crippen molar-refractivity contribution in [3.8, 4) is 11.3 Å². The smallest absolute Gasteiger partial charge is 0.227 e. The first kappa shape index (κ1) is 14.4. The van der Waals surface area contributed by atoms with Crippen LogP contribution in [-0.2, 0) is 4.79 Å². The summed E-state index contributed by atoms with van der Waals surface area (Å²) in [6, 6.07) is 12.0. The van der Waals surface area contributed by atoms with Gasteiger partial charge in [0.15, 0.2) is 0 Å². The van der Waals surface area contributed by atoms with Crippen molar-refractivity contribution in [3.05, 3.63) is 48.2 Å². The van der Waals surface area contributed by atoms with Crippen molar-refractivity contribution < 1.29 is 4.79 Å². The topological polar surface area (TPSA) is 42.0 Å². The molecule has 2 saturated carbocycles. The predicted octanol–water partition coefficient (Wildman–Crippen LogP) is 4.43. The van der Waals surface area contributed by atoms with Gasteiger partial charge in [-0.05, 0) is 67.9 Å². The summed E-state index contributed by atoms with van der Waals surface area (Å²) in [5.74, 6) is 1.82. The first-order chi connectivity index (χ1) is 11.2. The van der Waals surface area contributed by atoms with Crippen LogP contribution in [0, 0.1) is 24.7 Å². The molecule has 2 fully saturated rings. The molecular formula is C20H22N2O. The summed E-state index contributed by atoms with van der Waals surface area (Å²) >= 11 is 0. The van der Waals surface area contributed by atoms with Gasteiger partial charge in [0, 0.05) is 23.4 Å². The lowest BCUT2D eigenvalue weighted by atomic mass is 9.88. The number of benzene rings is 1. The number of hydrogen-bond donors (Lipinski definition) is 1. The van der Waals surface area contributed by atoms with E-state index in [1.165, 1.54) is 24.8 Å². The first-order valence-corrected chi connectivity index (χ1v) is 8.53. The number of fused-ring (bicyclic) bond motifs is 2. The van der Waals surface area contributed by atoms with E-state index in [0.29, 0.717) is 5.92 Å². The molecule has 0 spiro atoms. The molecule has 1 N–H and O–H groups in total. The summed E-state index contributed by atoms with van der Waals surface area (Å²) in [4.78, 5) is 17.0. The Bertz CT molecular complexity index is 726. The standard InChI is InChI=1S/C20H22N2O/c1-13-5-8-16(12-17(13)19-4-2-3-9-21-19)22-20(23)18-11-14-6-7-15(18)10-14/h2-5,8-9,12,14-15,18H,6-7,10-11H2,1H3,(H,22,23)/t14?,15-,18?/m1/s1. The average molecular weight is 306 g/mol. The molecule has 23 heavy (non-hydrogen) atoms. The minimum absolute atomic E-state index is 0.202. The van der Waals surface area contributed by atoms with Crippen molar-refractivity contribution in [3.63, 3.8) is 0 Å². The van der Waals surface area contributed by atoms with Gasteiger partial charge in [-0.15, -0.1) is 0 Å². The second-order valence-corrected chi connectivity index (χ2v) is 7.02. The van der Waals surface area contributed by atoms with E-state index in [-0.39, 0.29) is 11.8 Å². The highest BCUT2D eigenvalue weighted by Gasteiger charge is 2.42. The Balaban J connectivity index is 1.54. The number of nitrogens with one attached hydrogen (secondary N) is 1. The summed E-state index contributed by atoms with van der Waals surface area (Å²) in [5, 5.41) is 3.14.